The van der Waals surface area contributed by atoms with E-state index in [0.717, 1.165) is 63.1 Å². The number of aliphatic carboxylic acids is 2. The molecule has 0 aromatic carbocycles. The molecule has 0 spiro atoms. The molecule has 0 amide bonds. The first-order chi connectivity index (χ1) is 12.6. The van der Waals surface area contributed by atoms with Gasteiger partial charge < -0.3 is 19.8 Å². The molecule has 27 heavy (non-hydrogen) atoms. The van der Waals surface area contributed by atoms with E-state index in [0.29, 0.717) is 12.8 Å². The number of hydrogen-bond acceptors (Lipinski definition) is 5. The van der Waals surface area contributed by atoms with E-state index >= 15 is 0 Å². The quantitative estimate of drug-likeness (QED) is 0.392. The topological polar surface area (TPSA) is 80.3 Å². The lowest BCUT2D eigenvalue weighted by molar-refractivity contribution is -0.309. The molecular formula is C22H40O4S-2. The Kier molecular flexibility index (Phi) is 12.4. The first-order valence-corrected chi connectivity index (χ1v) is 11.5. The van der Waals surface area contributed by atoms with Crippen LogP contribution in [0.2, 0.25) is 0 Å². The van der Waals surface area contributed by atoms with Gasteiger partial charge in [-0.05, 0) is 38.5 Å². The fourth-order valence-electron chi connectivity index (χ4n) is 3.82. The molecule has 0 N–H and O–H groups in total. The Bertz CT molecular complexity index is 414. The molecule has 0 aromatic heterocycles. The number of carboxylic acid groups (broad SMARTS) is 2. The number of carbonyl (C=O) groups is 2. The van der Waals surface area contributed by atoms with E-state index in [1.165, 1.54) is 0 Å². The Morgan fingerprint density at radius 2 is 1.11 bits per heavy atom. The molecule has 0 saturated carbocycles. The Morgan fingerprint density at radius 3 is 1.33 bits per heavy atom. The van der Waals surface area contributed by atoms with Gasteiger partial charge in [0, 0.05) is 0 Å². The van der Waals surface area contributed by atoms with E-state index in [9.17, 15) is 19.8 Å². The van der Waals surface area contributed by atoms with E-state index in [-0.39, 0.29) is 11.8 Å². The second-order valence-corrected chi connectivity index (χ2v) is 10.4. The molecule has 160 valence electrons. The predicted octanol–water partition coefficient (Wildman–Crippen LogP) is 3.95. The molecule has 4 atom stereocenters. The minimum Gasteiger partial charge on any atom is -0.549 e. The monoisotopic (exact) mass is 400 g/mol. The molecule has 0 fully saturated rings. The van der Waals surface area contributed by atoms with Crippen LogP contribution in [0.4, 0.5) is 0 Å². The van der Waals surface area contributed by atoms with Crippen molar-refractivity contribution in [3.05, 3.63) is 0 Å². The molecule has 0 aliphatic carbocycles. The van der Waals surface area contributed by atoms with Crippen molar-refractivity contribution in [2.24, 2.45) is 11.8 Å². The summed E-state index contributed by atoms with van der Waals surface area (Å²) in [4.78, 5) is 24.1. The Morgan fingerprint density at radius 1 is 0.778 bits per heavy atom. The molecule has 5 heteroatoms. The van der Waals surface area contributed by atoms with Gasteiger partial charge in [0.25, 0.3) is 0 Å². The Labute approximate surface area is 170 Å². The van der Waals surface area contributed by atoms with Crippen molar-refractivity contribution in [2.75, 3.05) is 0 Å². The van der Waals surface area contributed by atoms with Gasteiger partial charge in [-0.3, -0.25) is 0 Å². The van der Waals surface area contributed by atoms with Crippen molar-refractivity contribution in [1.29, 1.82) is 0 Å². The van der Waals surface area contributed by atoms with Crippen molar-refractivity contribution < 1.29 is 19.8 Å². The van der Waals surface area contributed by atoms with E-state index in [2.05, 4.69) is 27.7 Å². The van der Waals surface area contributed by atoms with E-state index in [4.69, 9.17) is 0 Å². The molecule has 0 bridgehead atoms. The zero-order chi connectivity index (χ0) is 21.1. The average molecular weight is 401 g/mol. The highest BCUT2D eigenvalue weighted by molar-refractivity contribution is 8.03. The second-order valence-electron chi connectivity index (χ2n) is 8.38. The summed E-state index contributed by atoms with van der Waals surface area (Å²) >= 11 is 1.04. The largest absolute Gasteiger partial charge is 0.549 e. The maximum atomic E-state index is 12.0. The van der Waals surface area contributed by atoms with Crippen LogP contribution in [-0.4, -0.2) is 21.4 Å². The maximum absolute atomic E-state index is 12.0. The lowest BCUT2D eigenvalue weighted by atomic mass is 9.88. The van der Waals surface area contributed by atoms with Crippen molar-refractivity contribution in [3.8, 4) is 0 Å². The van der Waals surface area contributed by atoms with Crippen LogP contribution < -0.4 is 10.2 Å². The summed E-state index contributed by atoms with van der Waals surface area (Å²) in [5.74, 6) is -1.82. The van der Waals surface area contributed by atoms with Crippen LogP contribution in [0.5, 0.6) is 0 Å². The SMILES string of the molecule is CCCCC(CC)CC(C)(SC(C)(CC(CC)CCCC)C(=O)[O-])C(=O)[O-]. The third-order valence-electron chi connectivity index (χ3n) is 5.76. The third kappa shape index (κ3) is 8.89. The first-order valence-electron chi connectivity index (χ1n) is 10.7. The van der Waals surface area contributed by atoms with Crippen molar-refractivity contribution in [3.63, 3.8) is 0 Å². The van der Waals surface area contributed by atoms with Gasteiger partial charge in [0.05, 0.1) is 21.4 Å². The van der Waals surface area contributed by atoms with Crippen molar-refractivity contribution in [2.45, 2.75) is 115 Å². The molecule has 0 aliphatic rings. The summed E-state index contributed by atoms with van der Waals surface area (Å²) in [5, 5.41) is 24.1. The van der Waals surface area contributed by atoms with Crippen molar-refractivity contribution >= 4 is 23.7 Å². The van der Waals surface area contributed by atoms with E-state index < -0.39 is 21.4 Å². The molecule has 0 aromatic rings. The van der Waals surface area contributed by atoms with Crippen LogP contribution in [0.15, 0.2) is 0 Å². The lowest BCUT2D eigenvalue weighted by Crippen LogP contribution is -2.52. The average Bonchev–Trinajstić information content (AvgIpc) is 2.61. The van der Waals surface area contributed by atoms with Crippen LogP contribution in [-0.2, 0) is 9.59 Å². The summed E-state index contributed by atoms with van der Waals surface area (Å²) < 4.78 is -2.46. The number of unbranched alkanes of at least 4 members (excludes halogenated alkanes) is 2. The highest BCUT2D eigenvalue weighted by atomic mass is 32.2. The van der Waals surface area contributed by atoms with Crippen LogP contribution in [0, 0.1) is 11.8 Å². The van der Waals surface area contributed by atoms with Gasteiger partial charge in [-0.1, -0.05) is 79.1 Å². The predicted molar refractivity (Wildman–Crippen MR) is 110 cm³/mol. The number of carboxylic acids is 2. The van der Waals surface area contributed by atoms with E-state index in [1.807, 2.05) is 0 Å². The molecule has 0 rings (SSSR count). The Hall–Kier alpha value is -0.710. The van der Waals surface area contributed by atoms with Crippen LogP contribution in [0.3, 0.4) is 0 Å². The molecular weight excluding hydrogens is 360 g/mol. The lowest BCUT2D eigenvalue weighted by Gasteiger charge is -2.43. The fourth-order valence-corrected chi connectivity index (χ4v) is 5.62. The van der Waals surface area contributed by atoms with Gasteiger partial charge in [0.15, 0.2) is 0 Å². The number of hydrogen-bond donors (Lipinski definition) is 0. The van der Waals surface area contributed by atoms with Crippen LogP contribution in [0.1, 0.15) is 106 Å². The van der Waals surface area contributed by atoms with Gasteiger partial charge in [-0.2, -0.15) is 0 Å². The van der Waals surface area contributed by atoms with Crippen LogP contribution >= 0.6 is 11.8 Å². The molecule has 0 radical (unpaired) electrons. The zero-order valence-corrected chi connectivity index (χ0v) is 19.1. The smallest absolute Gasteiger partial charge is 0.0573 e. The maximum Gasteiger partial charge on any atom is 0.0573 e. The van der Waals surface area contributed by atoms with Gasteiger partial charge in [0.2, 0.25) is 0 Å². The van der Waals surface area contributed by atoms with Crippen molar-refractivity contribution in [1.82, 2.24) is 0 Å². The van der Waals surface area contributed by atoms with Gasteiger partial charge in [0.1, 0.15) is 0 Å². The minimum atomic E-state index is -1.23. The Balaban J connectivity index is 5.46. The summed E-state index contributed by atoms with van der Waals surface area (Å²) in [6, 6.07) is 0. The molecule has 0 saturated heterocycles. The van der Waals surface area contributed by atoms with E-state index in [1.54, 1.807) is 13.8 Å². The molecule has 4 unspecified atom stereocenters. The number of rotatable bonds is 16. The van der Waals surface area contributed by atoms with Gasteiger partial charge >= 0.3 is 0 Å². The summed E-state index contributed by atoms with van der Waals surface area (Å²) in [6.45, 7) is 11.6. The molecule has 0 aliphatic heterocycles. The second kappa shape index (κ2) is 12.7. The molecule has 4 nitrogen and oxygen atoms in total. The number of thioether (sulfide) groups is 1. The molecule has 0 heterocycles. The normalized spacial score (nSPS) is 18.3. The van der Waals surface area contributed by atoms with Crippen LogP contribution in [0.25, 0.3) is 0 Å². The summed E-state index contributed by atoms with van der Waals surface area (Å²) in [5.41, 5.74) is 0. The standard InChI is InChI=1S/C22H42O4S/c1-7-11-13-17(9-3)15-21(5,19(23)24)27-22(6,20(25)26)16-18(10-4)14-12-8-2/h17-18H,7-16H2,1-6H3,(H,23,24)(H,25,26)/p-2. The summed E-state index contributed by atoms with van der Waals surface area (Å²) in [6.07, 6.45) is 8.82. The van der Waals surface area contributed by atoms with Gasteiger partial charge in [-0.15, -0.1) is 11.8 Å². The third-order valence-corrected chi connectivity index (χ3v) is 7.32. The first kappa shape index (κ1) is 26.3. The summed E-state index contributed by atoms with van der Waals surface area (Å²) in [7, 11) is 0. The highest BCUT2D eigenvalue weighted by Crippen LogP contribution is 2.45. The van der Waals surface area contributed by atoms with Gasteiger partial charge in [-0.25, -0.2) is 0 Å². The fraction of sp³-hybridized carbons (Fsp3) is 0.909. The minimum absolute atomic E-state index is 0.258. The zero-order valence-electron chi connectivity index (χ0n) is 18.3. The highest BCUT2D eigenvalue weighted by Gasteiger charge is 2.40. The number of carbonyl (C=O) groups excluding carboxylic acids is 2.